The SMILES string of the molecule is CC(C)(C)c1ccc(Oc2cc(F)c(I)cc2N)cc1. The molecule has 2 rings (SSSR count). The summed E-state index contributed by atoms with van der Waals surface area (Å²) < 4.78 is 19.7. The first-order chi connectivity index (χ1) is 9.27. The smallest absolute Gasteiger partial charge is 0.153 e. The van der Waals surface area contributed by atoms with Crippen LogP contribution in [0.2, 0.25) is 0 Å². The third-order valence-corrected chi connectivity index (χ3v) is 3.83. The van der Waals surface area contributed by atoms with Crippen molar-refractivity contribution in [1.29, 1.82) is 0 Å². The molecule has 2 aromatic rings. The zero-order valence-corrected chi connectivity index (χ0v) is 13.9. The first-order valence-electron chi connectivity index (χ1n) is 6.30. The zero-order valence-electron chi connectivity index (χ0n) is 11.7. The van der Waals surface area contributed by atoms with E-state index in [0.717, 1.165) is 0 Å². The summed E-state index contributed by atoms with van der Waals surface area (Å²) in [5, 5.41) is 0. The fraction of sp³-hybridized carbons (Fsp3) is 0.250. The number of nitrogens with two attached hydrogens (primary N) is 1. The highest BCUT2D eigenvalue weighted by atomic mass is 127. The molecule has 0 fully saturated rings. The van der Waals surface area contributed by atoms with Crippen LogP contribution in [0.15, 0.2) is 36.4 Å². The van der Waals surface area contributed by atoms with Gasteiger partial charge >= 0.3 is 0 Å². The van der Waals surface area contributed by atoms with Gasteiger partial charge in [0, 0.05) is 6.07 Å². The lowest BCUT2D eigenvalue weighted by molar-refractivity contribution is 0.477. The summed E-state index contributed by atoms with van der Waals surface area (Å²) in [6, 6.07) is 10.6. The van der Waals surface area contributed by atoms with Gasteiger partial charge in [-0.3, -0.25) is 0 Å². The molecule has 0 spiro atoms. The molecule has 0 heterocycles. The molecule has 2 N–H and O–H groups in total. The van der Waals surface area contributed by atoms with Crippen molar-refractivity contribution in [3.63, 3.8) is 0 Å². The predicted molar refractivity (Wildman–Crippen MR) is 88.7 cm³/mol. The first-order valence-corrected chi connectivity index (χ1v) is 7.38. The van der Waals surface area contributed by atoms with Crippen LogP contribution in [0.1, 0.15) is 26.3 Å². The highest BCUT2D eigenvalue weighted by Gasteiger charge is 2.13. The standard InChI is InChI=1S/C16H17FINO/c1-16(2,3)10-4-6-11(7-5-10)20-15-8-12(17)13(18)9-14(15)19/h4-9H,19H2,1-3H3. The molecule has 0 bridgehead atoms. The third-order valence-electron chi connectivity index (χ3n) is 3.00. The van der Waals surface area contributed by atoms with E-state index in [0.29, 0.717) is 20.8 Å². The molecule has 0 aliphatic rings. The van der Waals surface area contributed by atoms with Crippen LogP contribution in [0.5, 0.6) is 11.5 Å². The molecule has 106 valence electrons. The summed E-state index contributed by atoms with van der Waals surface area (Å²) in [7, 11) is 0. The lowest BCUT2D eigenvalue weighted by Crippen LogP contribution is -2.10. The molecule has 0 unspecified atom stereocenters. The number of hydrogen-bond donors (Lipinski definition) is 1. The second kappa shape index (κ2) is 5.60. The Labute approximate surface area is 132 Å². The molecule has 2 aromatic carbocycles. The van der Waals surface area contributed by atoms with E-state index in [1.165, 1.54) is 11.6 Å². The summed E-state index contributed by atoms with van der Waals surface area (Å²) in [5.41, 5.74) is 7.57. The van der Waals surface area contributed by atoms with E-state index in [9.17, 15) is 4.39 Å². The van der Waals surface area contributed by atoms with Crippen LogP contribution < -0.4 is 10.5 Å². The number of nitrogen functional groups attached to an aromatic ring is 1. The van der Waals surface area contributed by atoms with Gasteiger partial charge in [0.15, 0.2) is 5.75 Å². The summed E-state index contributed by atoms with van der Waals surface area (Å²) in [6.45, 7) is 6.44. The van der Waals surface area contributed by atoms with Gasteiger partial charge in [-0.2, -0.15) is 0 Å². The lowest BCUT2D eigenvalue weighted by atomic mass is 9.87. The van der Waals surface area contributed by atoms with Gasteiger partial charge in [0.25, 0.3) is 0 Å². The molecule has 0 amide bonds. The minimum Gasteiger partial charge on any atom is -0.455 e. The maximum atomic E-state index is 13.5. The van der Waals surface area contributed by atoms with Crippen LogP contribution in [-0.4, -0.2) is 0 Å². The first kappa shape index (κ1) is 15.1. The average Bonchev–Trinajstić information content (AvgIpc) is 2.35. The Balaban J connectivity index is 2.25. The molecule has 0 aliphatic carbocycles. The Kier molecular flexibility index (Phi) is 4.22. The van der Waals surface area contributed by atoms with Crippen LogP contribution in [-0.2, 0) is 5.41 Å². The van der Waals surface area contributed by atoms with E-state index in [-0.39, 0.29) is 11.2 Å². The van der Waals surface area contributed by atoms with Crippen LogP contribution in [0.4, 0.5) is 10.1 Å². The van der Waals surface area contributed by atoms with Gasteiger partial charge in [-0.05, 0) is 51.8 Å². The summed E-state index contributed by atoms with van der Waals surface area (Å²) >= 11 is 1.90. The minimum atomic E-state index is -0.332. The van der Waals surface area contributed by atoms with Crippen molar-refractivity contribution in [1.82, 2.24) is 0 Å². The summed E-state index contributed by atoms with van der Waals surface area (Å²) in [4.78, 5) is 0. The molecule has 0 saturated heterocycles. The second-order valence-electron chi connectivity index (χ2n) is 5.68. The number of halogens is 2. The normalized spacial score (nSPS) is 11.4. The second-order valence-corrected chi connectivity index (χ2v) is 6.84. The van der Waals surface area contributed by atoms with E-state index in [1.54, 1.807) is 6.07 Å². The van der Waals surface area contributed by atoms with Gasteiger partial charge in [0.1, 0.15) is 11.6 Å². The maximum Gasteiger partial charge on any atom is 0.153 e. The van der Waals surface area contributed by atoms with Crippen molar-refractivity contribution < 1.29 is 9.13 Å². The van der Waals surface area contributed by atoms with E-state index >= 15 is 0 Å². The lowest BCUT2D eigenvalue weighted by Gasteiger charge is -2.19. The van der Waals surface area contributed by atoms with E-state index < -0.39 is 0 Å². The molecule has 4 heteroatoms. The van der Waals surface area contributed by atoms with Crippen LogP contribution in [0.25, 0.3) is 0 Å². The maximum absolute atomic E-state index is 13.5. The molecule has 0 aromatic heterocycles. The Hall–Kier alpha value is -1.30. The minimum absolute atomic E-state index is 0.0898. The van der Waals surface area contributed by atoms with Crippen LogP contribution >= 0.6 is 22.6 Å². The average molecular weight is 385 g/mol. The van der Waals surface area contributed by atoms with E-state index in [1.807, 2.05) is 46.9 Å². The topological polar surface area (TPSA) is 35.2 Å². The number of anilines is 1. The molecule has 0 aliphatic heterocycles. The van der Waals surface area contributed by atoms with Gasteiger partial charge in [0.2, 0.25) is 0 Å². The Morgan fingerprint density at radius 2 is 1.70 bits per heavy atom. The zero-order chi connectivity index (χ0) is 14.9. The van der Waals surface area contributed by atoms with Crippen LogP contribution in [0, 0.1) is 9.39 Å². The summed E-state index contributed by atoms with van der Waals surface area (Å²) in [5.74, 6) is 0.651. The van der Waals surface area contributed by atoms with Crippen molar-refractivity contribution in [2.24, 2.45) is 0 Å². The predicted octanol–water partition coefficient (Wildman–Crippen LogP) is 5.10. The molecule has 2 nitrogen and oxygen atoms in total. The van der Waals surface area contributed by atoms with Crippen molar-refractivity contribution >= 4 is 28.3 Å². The van der Waals surface area contributed by atoms with Crippen molar-refractivity contribution in [3.8, 4) is 11.5 Å². The van der Waals surface area contributed by atoms with Crippen molar-refractivity contribution in [2.45, 2.75) is 26.2 Å². The third kappa shape index (κ3) is 3.42. The van der Waals surface area contributed by atoms with Crippen molar-refractivity contribution in [3.05, 3.63) is 51.3 Å². The Morgan fingerprint density at radius 3 is 2.25 bits per heavy atom. The fourth-order valence-corrected chi connectivity index (χ4v) is 2.27. The van der Waals surface area contributed by atoms with Crippen LogP contribution in [0.3, 0.4) is 0 Å². The summed E-state index contributed by atoms with van der Waals surface area (Å²) in [6.07, 6.45) is 0. The Bertz CT molecular complexity index is 618. The van der Waals surface area contributed by atoms with Gasteiger partial charge in [-0.15, -0.1) is 0 Å². The van der Waals surface area contributed by atoms with Gasteiger partial charge in [-0.1, -0.05) is 32.9 Å². The fourth-order valence-electron chi connectivity index (χ4n) is 1.78. The van der Waals surface area contributed by atoms with Gasteiger partial charge in [0.05, 0.1) is 9.26 Å². The van der Waals surface area contributed by atoms with E-state index in [4.69, 9.17) is 10.5 Å². The van der Waals surface area contributed by atoms with Gasteiger partial charge < -0.3 is 10.5 Å². The monoisotopic (exact) mass is 385 g/mol. The quantitative estimate of drug-likeness (QED) is 0.577. The highest BCUT2D eigenvalue weighted by molar-refractivity contribution is 14.1. The molecule has 20 heavy (non-hydrogen) atoms. The highest BCUT2D eigenvalue weighted by Crippen LogP contribution is 2.31. The molecule has 0 atom stereocenters. The van der Waals surface area contributed by atoms with Gasteiger partial charge in [-0.25, -0.2) is 4.39 Å². The number of hydrogen-bond acceptors (Lipinski definition) is 2. The number of ether oxygens (including phenoxy) is 1. The number of benzene rings is 2. The molecular weight excluding hydrogens is 368 g/mol. The molecule has 0 saturated carbocycles. The molecule has 0 radical (unpaired) electrons. The van der Waals surface area contributed by atoms with Crippen molar-refractivity contribution in [2.75, 3.05) is 5.73 Å². The largest absolute Gasteiger partial charge is 0.455 e. The molecular formula is C16H17FINO. The van der Waals surface area contributed by atoms with E-state index in [2.05, 4.69) is 20.8 Å². The number of rotatable bonds is 2. The Morgan fingerprint density at radius 1 is 1.10 bits per heavy atom.